The summed E-state index contributed by atoms with van der Waals surface area (Å²) in [5.41, 5.74) is 1.65. The maximum absolute atomic E-state index is 10.3. The van der Waals surface area contributed by atoms with Crippen molar-refractivity contribution < 1.29 is 9.84 Å². The molecule has 0 bridgehead atoms. The van der Waals surface area contributed by atoms with Gasteiger partial charge >= 0.3 is 0 Å². The Balaban J connectivity index is 1.76. The van der Waals surface area contributed by atoms with Gasteiger partial charge in [0.25, 0.3) is 0 Å². The van der Waals surface area contributed by atoms with Gasteiger partial charge in [-0.05, 0) is 42.5 Å². The van der Waals surface area contributed by atoms with Gasteiger partial charge in [-0.2, -0.15) is 0 Å². The lowest BCUT2D eigenvalue weighted by molar-refractivity contribution is 0.373. The predicted molar refractivity (Wildman–Crippen MR) is 113 cm³/mol. The number of nitrogens with zero attached hydrogens (tertiary/aromatic N) is 2. The van der Waals surface area contributed by atoms with Crippen molar-refractivity contribution in [3.63, 3.8) is 0 Å². The van der Waals surface area contributed by atoms with Crippen LogP contribution in [0.4, 0.5) is 5.69 Å². The Bertz CT molecular complexity index is 1140. The molecule has 140 valence electrons. The molecule has 1 unspecified atom stereocenters. The summed E-state index contributed by atoms with van der Waals surface area (Å²) in [7, 11) is 1.53. The summed E-state index contributed by atoms with van der Waals surface area (Å²) < 4.78 is 5.19. The topological polar surface area (TPSA) is 45.1 Å². The molecule has 1 aliphatic heterocycles. The van der Waals surface area contributed by atoms with Crippen molar-refractivity contribution in [3.8, 4) is 11.5 Å². The fourth-order valence-corrected chi connectivity index (χ4v) is 3.28. The highest BCUT2D eigenvalue weighted by molar-refractivity contribution is 6.30. The van der Waals surface area contributed by atoms with E-state index in [4.69, 9.17) is 21.3 Å². The quantitative estimate of drug-likeness (QED) is 0.733. The molecular weight excluding hydrogens is 372 g/mol. The number of fused-ring (bicyclic) bond motifs is 1. The highest BCUT2D eigenvalue weighted by Crippen LogP contribution is 2.31. The van der Waals surface area contributed by atoms with E-state index in [1.54, 1.807) is 6.07 Å². The summed E-state index contributed by atoms with van der Waals surface area (Å²) in [5, 5.41) is 13.0. The molecule has 4 rings (SSSR count). The number of phenolic OH excluding ortho intramolecular Hbond substituents is 1. The van der Waals surface area contributed by atoms with Crippen LogP contribution in [-0.4, -0.2) is 18.4 Å². The number of methoxy groups -OCH3 is 1. The minimum atomic E-state index is -0.262. The van der Waals surface area contributed by atoms with Gasteiger partial charge in [-0.25, -0.2) is 0 Å². The smallest absolute Gasteiger partial charge is 0.165 e. The molecule has 1 heterocycles. The maximum Gasteiger partial charge on any atom is 0.165 e. The number of rotatable bonds is 4. The van der Waals surface area contributed by atoms with Crippen LogP contribution in [0.15, 0.2) is 77.8 Å². The Hall–Kier alpha value is -3.24. The van der Waals surface area contributed by atoms with Crippen LogP contribution in [0.1, 0.15) is 5.56 Å². The van der Waals surface area contributed by atoms with Gasteiger partial charge in [0.15, 0.2) is 11.5 Å². The van der Waals surface area contributed by atoms with Crippen molar-refractivity contribution in [2.45, 2.75) is 6.17 Å². The maximum atomic E-state index is 10.3. The third-order valence-corrected chi connectivity index (χ3v) is 4.85. The lowest BCUT2D eigenvalue weighted by atomic mass is 10.1. The van der Waals surface area contributed by atoms with Crippen molar-refractivity contribution in [1.82, 2.24) is 0 Å². The molecule has 0 aromatic heterocycles. The number of aromatic hydroxyl groups is 1. The molecular formula is C23H19ClN2O2. The van der Waals surface area contributed by atoms with Crippen LogP contribution in [0.3, 0.4) is 0 Å². The minimum absolute atomic E-state index is 0.111. The van der Waals surface area contributed by atoms with E-state index >= 15 is 0 Å². The minimum Gasteiger partial charge on any atom is -0.504 e. The molecule has 0 radical (unpaired) electrons. The summed E-state index contributed by atoms with van der Waals surface area (Å²) >= 11 is 6.05. The van der Waals surface area contributed by atoms with E-state index in [-0.39, 0.29) is 11.9 Å². The molecule has 0 saturated carbocycles. The normalized spacial score (nSPS) is 15.6. The average molecular weight is 391 g/mol. The van der Waals surface area contributed by atoms with Gasteiger partial charge in [0.05, 0.1) is 12.5 Å². The molecule has 5 heteroatoms. The third kappa shape index (κ3) is 3.59. The first-order chi connectivity index (χ1) is 13.7. The molecule has 0 spiro atoms. The second-order valence-electron chi connectivity index (χ2n) is 6.37. The summed E-state index contributed by atoms with van der Waals surface area (Å²) in [4.78, 5) is 6.95. The first-order valence-corrected chi connectivity index (χ1v) is 9.26. The van der Waals surface area contributed by atoms with E-state index in [2.05, 4.69) is 11.1 Å². The first kappa shape index (κ1) is 18.1. The molecule has 3 aromatic rings. The van der Waals surface area contributed by atoms with Crippen molar-refractivity contribution in [3.05, 3.63) is 94.0 Å². The Kier molecular flexibility index (Phi) is 5.04. The molecule has 0 saturated heterocycles. The zero-order valence-electron chi connectivity index (χ0n) is 15.3. The molecule has 0 fully saturated rings. The Labute approximate surface area is 168 Å². The number of anilines is 1. The van der Waals surface area contributed by atoms with Crippen LogP contribution >= 0.6 is 11.6 Å². The van der Waals surface area contributed by atoms with Crippen LogP contribution in [0.25, 0.3) is 12.3 Å². The summed E-state index contributed by atoms with van der Waals surface area (Å²) in [6.07, 6.45) is 5.62. The van der Waals surface area contributed by atoms with E-state index in [0.29, 0.717) is 16.3 Å². The molecule has 1 aliphatic rings. The molecule has 3 aromatic carbocycles. The van der Waals surface area contributed by atoms with Crippen LogP contribution in [0.2, 0.25) is 5.02 Å². The van der Waals surface area contributed by atoms with Crippen molar-refractivity contribution in [2.24, 2.45) is 4.99 Å². The number of phenols is 1. The second kappa shape index (κ2) is 7.79. The van der Waals surface area contributed by atoms with Gasteiger partial charge in [0, 0.05) is 27.7 Å². The molecule has 28 heavy (non-hydrogen) atoms. The number of hydrogen-bond donors (Lipinski definition) is 1. The van der Waals surface area contributed by atoms with Gasteiger partial charge < -0.3 is 14.7 Å². The number of hydrogen-bond acceptors (Lipinski definition) is 4. The number of halogens is 1. The number of para-hydroxylation sites is 2. The Morgan fingerprint density at radius 1 is 1.04 bits per heavy atom. The number of ether oxygens (including phenoxy) is 1. The summed E-state index contributed by atoms with van der Waals surface area (Å²) in [6.45, 7) is 0. The Morgan fingerprint density at radius 2 is 1.82 bits per heavy atom. The van der Waals surface area contributed by atoms with E-state index in [0.717, 1.165) is 16.3 Å². The van der Waals surface area contributed by atoms with Crippen LogP contribution in [0.5, 0.6) is 11.5 Å². The highest BCUT2D eigenvalue weighted by atomic mass is 35.5. The molecule has 4 nitrogen and oxygen atoms in total. The van der Waals surface area contributed by atoms with Gasteiger partial charge in [-0.1, -0.05) is 48.0 Å². The second-order valence-corrected chi connectivity index (χ2v) is 6.81. The van der Waals surface area contributed by atoms with Crippen molar-refractivity contribution in [2.75, 3.05) is 12.0 Å². The SMILES string of the molecule is COc1cccc(C=CC2N=c3ccccc3=CN2c2ccc(Cl)cc2)c1O. The standard InChI is InChI=1S/C23H19ClN2O2/c1-28-21-8-4-6-16(23(21)27)9-14-22-25-20-7-3-2-5-17(20)15-26(22)19-12-10-18(24)11-13-19/h2-15,22,27H,1H3. The highest BCUT2D eigenvalue weighted by Gasteiger charge is 2.17. The van der Waals surface area contributed by atoms with Gasteiger partial charge in [-0.15, -0.1) is 0 Å². The van der Waals surface area contributed by atoms with E-state index in [1.165, 1.54) is 7.11 Å². The van der Waals surface area contributed by atoms with Crippen LogP contribution in [0, 0.1) is 0 Å². The lowest BCUT2D eigenvalue weighted by Gasteiger charge is -2.28. The van der Waals surface area contributed by atoms with E-state index in [1.807, 2.05) is 72.8 Å². The van der Waals surface area contributed by atoms with Crippen LogP contribution in [-0.2, 0) is 0 Å². The zero-order chi connectivity index (χ0) is 19.5. The summed E-state index contributed by atoms with van der Waals surface area (Å²) in [5.74, 6) is 0.550. The predicted octanol–water partition coefficient (Wildman–Crippen LogP) is 3.97. The molecule has 0 aliphatic carbocycles. The molecule has 1 atom stereocenters. The largest absolute Gasteiger partial charge is 0.504 e. The van der Waals surface area contributed by atoms with E-state index < -0.39 is 0 Å². The van der Waals surface area contributed by atoms with Gasteiger partial charge in [-0.3, -0.25) is 4.99 Å². The zero-order valence-corrected chi connectivity index (χ0v) is 16.0. The molecule has 1 N–H and O–H groups in total. The van der Waals surface area contributed by atoms with Crippen molar-refractivity contribution >= 4 is 29.6 Å². The monoisotopic (exact) mass is 390 g/mol. The van der Waals surface area contributed by atoms with E-state index in [9.17, 15) is 5.11 Å². The fraction of sp³-hybridized carbons (Fsp3) is 0.0870. The lowest BCUT2D eigenvalue weighted by Crippen LogP contribution is -2.41. The van der Waals surface area contributed by atoms with Gasteiger partial charge in [0.2, 0.25) is 0 Å². The van der Waals surface area contributed by atoms with Crippen molar-refractivity contribution in [1.29, 1.82) is 0 Å². The Morgan fingerprint density at radius 3 is 2.61 bits per heavy atom. The first-order valence-electron chi connectivity index (χ1n) is 8.88. The average Bonchev–Trinajstić information content (AvgIpc) is 2.73. The van der Waals surface area contributed by atoms with Gasteiger partial charge in [0.1, 0.15) is 6.17 Å². The fourth-order valence-electron chi connectivity index (χ4n) is 3.15. The summed E-state index contributed by atoms with van der Waals surface area (Å²) in [6, 6.07) is 21.1. The third-order valence-electron chi connectivity index (χ3n) is 4.59. The number of benzene rings is 3. The molecule has 0 amide bonds. The van der Waals surface area contributed by atoms with Crippen LogP contribution < -0.4 is 20.2 Å².